The molecule has 2 aromatic carbocycles. The fourth-order valence-corrected chi connectivity index (χ4v) is 2.85. The van der Waals surface area contributed by atoms with Gasteiger partial charge in [0.2, 0.25) is 0 Å². The summed E-state index contributed by atoms with van der Waals surface area (Å²) in [6, 6.07) is 12.1. The van der Waals surface area contributed by atoms with Gasteiger partial charge in [0.25, 0.3) is 5.56 Å². The maximum absolute atomic E-state index is 14.5. The summed E-state index contributed by atoms with van der Waals surface area (Å²) in [6.45, 7) is 1.58. The predicted octanol–water partition coefficient (Wildman–Crippen LogP) is 2.99. The highest BCUT2D eigenvalue weighted by Crippen LogP contribution is 2.23. The molecule has 0 fully saturated rings. The van der Waals surface area contributed by atoms with Crippen molar-refractivity contribution in [3.8, 4) is 5.69 Å². The molecule has 0 spiro atoms. The van der Waals surface area contributed by atoms with Crippen LogP contribution in [0, 0.1) is 12.7 Å². The fraction of sp³-hybridized carbons (Fsp3) is 0.150. The Kier molecular flexibility index (Phi) is 5.46. The quantitative estimate of drug-likeness (QED) is 0.629. The van der Waals surface area contributed by atoms with E-state index in [2.05, 4.69) is 0 Å². The number of aryl methyl sites for hydroxylation is 1. The van der Waals surface area contributed by atoms with E-state index >= 15 is 0 Å². The molecule has 8 heteroatoms. The van der Waals surface area contributed by atoms with Crippen molar-refractivity contribution in [1.82, 2.24) is 9.13 Å². The van der Waals surface area contributed by atoms with Gasteiger partial charge in [-0.05, 0) is 24.6 Å². The summed E-state index contributed by atoms with van der Waals surface area (Å²) in [6.07, 6.45) is 0. The zero-order valence-electron chi connectivity index (χ0n) is 15.1. The van der Waals surface area contributed by atoms with Gasteiger partial charge in [0, 0.05) is 18.8 Å². The first-order valence-electron chi connectivity index (χ1n) is 8.29. The second kappa shape index (κ2) is 7.82. The molecule has 28 heavy (non-hydrogen) atoms. The number of benzene rings is 2. The number of rotatable bonds is 4. The van der Waals surface area contributed by atoms with Crippen molar-refractivity contribution in [2.24, 2.45) is 7.05 Å². The van der Waals surface area contributed by atoms with Crippen molar-refractivity contribution in [2.45, 2.75) is 13.5 Å². The molecule has 3 aromatic rings. The lowest BCUT2D eigenvalue weighted by atomic mass is 10.2. The van der Waals surface area contributed by atoms with E-state index in [9.17, 15) is 18.8 Å². The molecule has 0 unspecified atom stereocenters. The fourth-order valence-electron chi connectivity index (χ4n) is 2.62. The molecule has 0 radical (unpaired) electrons. The number of carbonyl (C=O) groups is 1. The zero-order valence-corrected chi connectivity index (χ0v) is 15.9. The van der Waals surface area contributed by atoms with E-state index in [1.807, 2.05) is 6.07 Å². The van der Waals surface area contributed by atoms with Gasteiger partial charge in [0.15, 0.2) is 0 Å². The van der Waals surface area contributed by atoms with Crippen LogP contribution in [-0.2, 0) is 18.4 Å². The van der Waals surface area contributed by atoms with Crippen molar-refractivity contribution in [1.29, 1.82) is 0 Å². The Labute approximate surface area is 164 Å². The SMILES string of the molecule is Cc1cc(=O)n(-c2cc(C(=O)OCc3ccccc3)c(Cl)cc2F)c(=O)n1C. The van der Waals surface area contributed by atoms with E-state index in [1.54, 1.807) is 31.2 Å². The van der Waals surface area contributed by atoms with Gasteiger partial charge in [0.1, 0.15) is 12.4 Å². The normalized spacial score (nSPS) is 10.7. The monoisotopic (exact) mass is 402 g/mol. The van der Waals surface area contributed by atoms with Crippen LogP contribution in [0.1, 0.15) is 21.6 Å². The lowest BCUT2D eigenvalue weighted by Gasteiger charge is -2.12. The highest BCUT2D eigenvalue weighted by molar-refractivity contribution is 6.33. The van der Waals surface area contributed by atoms with Gasteiger partial charge in [-0.3, -0.25) is 4.79 Å². The summed E-state index contributed by atoms with van der Waals surface area (Å²) in [4.78, 5) is 37.2. The molecule has 0 amide bonds. The first kappa shape index (κ1) is 19.6. The number of aromatic nitrogens is 2. The Hall–Kier alpha value is -3.19. The molecule has 1 heterocycles. The maximum Gasteiger partial charge on any atom is 0.340 e. The smallest absolute Gasteiger partial charge is 0.340 e. The van der Waals surface area contributed by atoms with Crippen LogP contribution in [0.4, 0.5) is 4.39 Å². The van der Waals surface area contributed by atoms with Crippen LogP contribution in [-0.4, -0.2) is 15.1 Å². The summed E-state index contributed by atoms with van der Waals surface area (Å²) >= 11 is 5.99. The van der Waals surface area contributed by atoms with Gasteiger partial charge < -0.3 is 9.30 Å². The van der Waals surface area contributed by atoms with Gasteiger partial charge in [-0.25, -0.2) is 18.5 Å². The lowest BCUT2D eigenvalue weighted by Crippen LogP contribution is -2.38. The average Bonchev–Trinajstić information content (AvgIpc) is 2.66. The van der Waals surface area contributed by atoms with Crippen LogP contribution in [0.25, 0.3) is 5.69 Å². The minimum Gasteiger partial charge on any atom is -0.457 e. The molecule has 1 aromatic heterocycles. The third-order valence-corrected chi connectivity index (χ3v) is 4.58. The summed E-state index contributed by atoms with van der Waals surface area (Å²) in [5.41, 5.74) is -0.800. The molecular weight excluding hydrogens is 387 g/mol. The summed E-state index contributed by atoms with van der Waals surface area (Å²) in [5, 5.41) is -0.184. The number of halogens is 2. The highest BCUT2D eigenvalue weighted by Gasteiger charge is 2.20. The van der Waals surface area contributed by atoms with E-state index in [4.69, 9.17) is 16.3 Å². The van der Waals surface area contributed by atoms with Gasteiger partial charge in [-0.15, -0.1) is 0 Å². The molecular formula is C20H16ClFN2O4. The highest BCUT2D eigenvalue weighted by atomic mass is 35.5. The summed E-state index contributed by atoms with van der Waals surface area (Å²) in [5.74, 6) is -1.71. The van der Waals surface area contributed by atoms with Crippen LogP contribution < -0.4 is 11.2 Å². The average molecular weight is 403 g/mol. The summed E-state index contributed by atoms with van der Waals surface area (Å²) in [7, 11) is 1.45. The van der Waals surface area contributed by atoms with Crippen molar-refractivity contribution < 1.29 is 13.9 Å². The van der Waals surface area contributed by atoms with E-state index in [0.29, 0.717) is 10.3 Å². The van der Waals surface area contributed by atoms with Crippen LogP contribution in [0.5, 0.6) is 0 Å². The number of ether oxygens (including phenoxy) is 1. The van der Waals surface area contributed by atoms with Crippen LogP contribution in [0.15, 0.2) is 58.1 Å². The lowest BCUT2D eigenvalue weighted by molar-refractivity contribution is 0.0473. The van der Waals surface area contributed by atoms with E-state index in [-0.39, 0.29) is 22.9 Å². The number of hydrogen-bond donors (Lipinski definition) is 0. The first-order chi connectivity index (χ1) is 13.3. The molecule has 6 nitrogen and oxygen atoms in total. The topological polar surface area (TPSA) is 70.3 Å². The molecule has 0 bridgehead atoms. The van der Waals surface area contributed by atoms with Gasteiger partial charge >= 0.3 is 11.7 Å². The van der Waals surface area contributed by atoms with Crippen LogP contribution >= 0.6 is 11.6 Å². The molecule has 0 N–H and O–H groups in total. The van der Waals surface area contributed by atoms with Gasteiger partial charge in [-0.2, -0.15) is 0 Å². The molecule has 0 aliphatic heterocycles. The van der Waals surface area contributed by atoms with Gasteiger partial charge in [0.05, 0.1) is 16.3 Å². The van der Waals surface area contributed by atoms with Gasteiger partial charge in [-0.1, -0.05) is 41.9 Å². The molecule has 3 rings (SSSR count). The van der Waals surface area contributed by atoms with E-state index in [0.717, 1.165) is 17.7 Å². The Morgan fingerprint density at radius 2 is 1.82 bits per heavy atom. The van der Waals surface area contributed by atoms with Crippen LogP contribution in [0.3, 0.4) is 0 Å². The Morgan fingerprint density at radius 3 is 2.50 bits per heavy atom. The van der Waals surface area contributed by atoms with E-state index < -0.39 is 23.0 Å². The third-order valence-electron chi connectivity index (χ3n) is 4.27. The number of nitrogens with zero attached hydrogens (tertiary/aromatic N) is 2. The van der Waals surface area contributed by atoms with E-state index in [1.165, 1.54) is 17.7 Å². The van der Waals surface area contributed by atoms with Crippen molar-refractivity contribution in [3.63, 3.8) is 0 Å². The standard InChI is InChI=1S/C20H16ClFN2O4/c1-12-8-18(25)24(20(27)23(12)2)17-9-14(15(21)10-16(17)22)19(26)28-11-13-6-4-3-5-7-13/h3-10H,11H2,1-2H3. The molecule has 0 saturated carbocycles. The molecule has 144 valence electrons. The maximum atomic E-state index is 14.5. The number of hydrogen-bond acceptors (Lipinski definition) is 4. The predicted molar refractivity (Wildman–Crippen MR) is 103 cm³/mol. The molecule has 0 atom stereocenters. The molecule has 0 saturated heterocycles. The Bertz CT molecular complexity index is 1170. The van der Waals surface area contributed by atoms with Crippen molar-refractivity contribution in [3.05, 3.63) is 97.0 Å². The van der Waals surface area contributed by atoms with Crippen molar-refractivity contribution >= 4 is 17.6 Å². The minimum absolute atomic E-state index is 0.00500. The molecule has 0 aliphatic carbocycles. The number of esters is 1. The second-order valence-electron chi connectivity index (χ2n) is 6.15. The number of carbonyl (C=O) groups excluding carboxylic acids is 1. The van der Waals surface area contributed by atoms with Crippen LogP contribution in [0.2, 0.25) is 5.02 Å². The zero-order chi connectivity index (χ0) is 20.4. The summed E-state index contributed by atoms with van der Waals surface area (Å²) < 4.78 is 21.5. The Balaban J connectivity index is 2.02. The minimum atomic E-state index is -0.910. The first-order valence-corrected chi connectivity index (χ1v) is 8.67. The Morgan fingerprint density at radius 1 is 1.14 bits per heavy atom. The second-order valence-corrected chi connectivity index (χ2v) is 6.55. The molecule has 0 aliphatic rings. The third kappa shape index (κ3) is 3.75. The van der Waals surface area contributed by atoms with Crippen molar-refractivity contribution in [2.75, 3.05) is 0 Å². The largest absolute Gasteiger partial charge is 0.457 e.